The highest BCUT2D eigenvalue weighted by atomic mass is 16.5. The molecule has 0 radical (unpaired) electrons. The molecule has 0 aliphatic rings. The lowest BCUT2D eigenvalue weighted by atomic mass is 10.0. The van der Waals surface area contributed by atoms with E-state index in [1.54, 1.807) is 0 Å². The standard InChI is InChI=1S/C25H24O/c1-4-20-10-14-23(15-11-20)24-7-5-6-22(18-24)9-8-21-12-16-25(17-13-21)26-19(2)3/h4-19H,1H2,2-3H3/b9-8+. The van der Waals surface area contributed by atoms with Crippen LogP contribution in [0.5, 0.6) is 5.75 Å². The molecule has 3 rings (SSSR count). The molecule has 0 heterocycles. The third-order valence-electron chi connectivity index (χ3n) is 4.09. The molecule has 26 heavy (non-hydrogen) atoms. The summed E-state index contributed by atoms with van der Waals surface area (Å²) in [6.07, 6.45) is 6.32. The van der Waals surface area contributed by atoms with E-state index in [0.29, 0.717) is 0 Å². The smallest absolute Gasteiger partial charge is 0.119 e. The van der Waals surface area contributed by atoms with Crippen LogP contribution in [0.25, 0.3) is 29.4 Å². The van der Waals surface area contributed by atoms with Crippen molar-refractivity contribution in [1.82, 2.24) is 0 Å². The fourth-order valence-corrected chi connectivity index (χ4v) is 2.76. The summed E-state index contributed by atoms with van der Waals surface area (Å²) in [7, 11) is 0. The van der Waals surface area contributed by atoms with E-state index in [2.05, 4.69) is 79.4 Å². The van der Waals surface area contributed by atoms with Gasteiger partial charge in [0, 0.05) is 0 Å². The Bertz CT molecular complexity index is 884. The van der Waals surface area contributed by atoms with E-state index in [0.717, 1.165) is 16.9 Å². The minimum Gasteiger partial charge on any atom is -0.491 e. The lowest BCUT2D eigenvalue weighted by molar-refractivity contribution is 0.242. The first-order chi connectivity index (χ1) is 12.6. The molecule has 3 aromatic carbocycles. The molecule has 0 saturated carbocycles. The number of ether oxygens (including phenoxy) is 1. The summed E-state index contributed by atoms with van der Waals surface area (Å²) in [6.45, 7) is 7.87. The van der Waals surface area contributed by atoms with Crippen LogP contribution in [-0.4, -0.2) is 6.10 Å². The highest BCUT2D eigenvalue weighted by Gasteiger charge is 1.99. The molecule has 0 unspecified atom stereocenters. The average Bonchev–Trinajstić information content (AvgIpc) is 2.67. The normalized spacial score (nSPS) is 11.0. The third kappa shape index (κ3) is 4.73. The Labute approximate surface area is 156 Å². The minimum atomic E-state index is 0.194. The van der Waals surface area contributed by atoms with Crippen LogP contribution in [0.4, 0.5) is 0 Å². The van der Waals surface area contributed by atoms with Gasteiger partial charge in [-0.15, -0.1) is 0 Å². The van der Waals surface area contributed by atoms with Crippen LogP contribution < -0.4 is 4.74 Å². The molecule has 0 spiro atoms. The number of hydrogen-bond acceptors (Lipinski definition) is 1. The van der Waals surface area contributed by atoms with E-state index in [1.807, 2.05) is 32.1 Å². The van der Waals surface area contributed by atoms with Gasteiger partial charge in [-0.2, -0.15) is 0 Å². The maximum atomic E-state index is 5.68. The Morgan fingerprint density at radius 2 is 1.38 bits per heavy atom. The maximum Gasteiger partial charge on any atom is 0.119 e. The Hall–Kier alpha value is -3.06. The predicted octanol–water partition coefficient (Wildman–Crippen LogP) is 6.95. The van der Waals surface area contributed by atoms with Crippen LogP contribution in [0, 0.1) is 0 Å². The van der Waals surface area contributed by atoms with Crippen molar-refractivity contribution in [2.75, 3.05) is 0 Å². The molecule has 0 atom stereocenters. The van der Waals surface area contributed by atoms with Crippen LogP contribution in [0.1, 0.15) is 30.5 Å². The zero-order chi connectivity index (χ0) is 18.4. The molecular formula is C25H24O. The molecule has 0 bridgehead atoms. The first kappa shape index (κ1) is 17.8. The molecule has 0 aliphatic carbocycles. The lowest BCUT2D eigenvalue weighted by Crippen LogP contribution is -2.05. The second-order valence-electron chi connectivity index (χ2n) is 6.52. The van der Waals surface area contributed by atoms with Gasteiger partial charge in [0.2, 0.25) is 0 Å². The molecule has 130 valence electrons. The summed E-state index contributed by atoms with van der Waals surface area (Å²) in [5.41, 5.74) is 5.89. The van der Waals surface area contributed by atoms with E-state index in [-0.39, 0.29) is 6.10 Å². The van der Waals surface area contributed by atoms with Crippen molar-refractivity contribution >= 4 is 18.2 Å². The fourth-order valence-electron chi connectivity index (χ4n) is 2.76. The summed E-state index contributed by atoms with van der Waals surface area (Å²) in [5.74, 6) is 0.905. The highest BCUT2D eigenvalue weighted by Crippen LogP contribution is 2.22. The quantitative estimate of drug-likeness (QED) is 0.441. The zero-order valence-electron chi connectivity index (χ0n) is 15.4. The molecule has 0 aromatic heterocycles. The molecule has 0 amide bonds. The first-order valence-corrected chi connectivity index (χ1v) is 8.92. The molecule has 1 nitrogen and oxygen atoms in total. The van der Waals surface area contributed by atoms with Crippen molar-refractivity contribution in [3.05, 3.63) is 96.1 Å². The highest BCUT2D eigenvalue weighted by molar-refractivity contribution is 5.74. The largest absolute Gasteiger partial charge is 0.491 e. The van der Waals surface area contributed by atoms with E-state index in [9.17, 15) is 0 Å². The fraction of sp³-hybridized carbons (Fsp3) is 0.120. The Balaban J connectivity index is 1.75. The van der Waals surface area contributed by atoms with Gasteiger partial charge < -0.3 is 4.74 Å². The second-order valence-corrected chi connectivity index (χ2v) is 6.52. The van der Waals surface area contributed by atoms with E-state index in [1.165, 1.54) is 16.7 Å². The van der Waals surface area contributed by atoms with Gasteiger partial charge >= 0.3 is 0 Å². The molecule has 3 aromatic rings. The second kappa shape index (κ2) is 8.35. The van der Waals surface area contributed by atoms with Crippen molar-refractivity contribution in [2.24, 2.45) is 0 Å². The van der Waals surface area contributed by atoms with Gasteiger partial charge in [-0.25, -0.2) is 0 Å². The topological polar surface area (TPSA) is 9.23 Å². The first-order valence-electron chi connectivity index (χ1n) is 8.92. The number of rotatable bonds is 6. The SMILES string of the molecule is C=Cc1ccc(-c2cccc(/C=C/c3ccc(OC(C)C)cc3)c2)cc1. The number of hydrogen-bond donors (Lipinski definition) is 0. The van der Waals surface area contributed by atoms with Crippen molar-refractivity contribution < 1.29 is 4.74 Å². The van der Waals surface area contributed by atoms with Gasteiger partial charge in [-0.05, 0) is 59.9 Å². The van der Waals surface area contributed by atoms with Crippen LogP contribution >= 0.6 is 0 Å². The summed E-state index contributed by atoms with van der Waals surface area (Å²) >= 11 is 0. The summed E-state index contributed by atoms with van der Waals surface area (Å²) in [5, 5.41) is 0. The van der Waals surface area contributed by atoms with E-state index in [4.69, 9.17) is 4.74 Å². The molecule has 0 saturated heterocycles. The Morgan fingerprint density at radius 1 is 0.731 bits per heavy atom. The van der Waals surface area contributed by atoms with Gasteiger partial charge in [0.05, 0.1) is 6.10 Å². The van der Waals surface area contributed by atoms with Gasteiger partial charge in [-0.3, -0.25) is 0 Å². The van der Waals surface area contributed by atoms with Crippen molar-refractivity contribution in [3.63, 3.8) is 0 Å². The van der Waals surface area contributed by atoms with Crippen molar-refractivity contribution in [3.8, 4) is 16.9 Å². The molecule has 1 heteroatoms. The molecule has 0 aliphatic heterocycles. The third-order valence-corrected chi connectivity index (χ3v) is 4.09. The van der Waals surface area contributed by atoms with E-state index >= 15 is 0 Å². The monoisotopic (exact) mass is 340 g/mol. The van der Waals surface area contributed by atoms with Gasteiger partial charge in [0.25, 0.3) is 0 Å². The van der Waals surface area contributed by atoms with Crippen molar-refractivity contribution in [2.45, 2.75) is 20.0 Å². The van der Waals surface area contributed by atoms with Crippen LogP contribution in [0.3, 0.4) is 0 Å². The summed E-state index contributed by atoms with van der Waals surface area (Å²) < 4.78 is 5.68. The Morgan fingerprint density at radius 3 is 2.04 bits per heavy atom. The molecule has 0 fully saturated rings. The van der Waals surface area contributed by atoms with Gasteiger partial charge in [-0.1, -0.05) is 79.4 Å². The van der Waals surface area contributed by atoms with Crippen LogP contribution in [0.2, 0.25) is 0 Å². The van der Waals surface area contributed by atoms with Crippen LogP contribution in [0.15, 0.2) is 79.4 Å². The number of benzene rings is 3. The maximum absolute atomic E-state index is 5.68. The average molecular weight is 340 g/mol. The Kier molecular flexibility index (Phi) is 5.70. The lowest BCUT2D eigenvalue weighted by Gasteiger charge is -2.09. The summed E-state index contributed by atoms with van der Waals surface area (Å²) in [6, 6.07) is 25.2. The molecular weight excluding hydrogens is 316 g/mol. The van der Waals surface area contributed by atoms with E-state index < -0.39 is 0 Å². The minimum absolute atomic E-state index is 0.194. The van der Waals surface area contributed by atoms with Crippen molar-refractivity contribution in [1.29, 1.82) is 0 Å². The summed E-state index contributed by atoms with van der Waals surface area (Å²) in [4.78, 5) is 0. The van der Waals surface area contributed by atoms with Gasteiger partial charge in [0.1, 0.15) is 5.75 Å². The predicted molar refractivity (Wildman–Crippen MR) is 113 cm³/mol. The van der Waals surface area contributed by atoms with Gasteiger partial charge in [0.15, 0.2) is 0 Å². The zero-order valence-corrected chi connectivity index (χ0v) is 15.4. The molecule has 0 N–H and O–H groups in total. The van der Waals surface area contributed by atoms with Crippen LogP contribution in [-0.2, 0) is 0 Å².